The van der Waals surface area contributed by atoms with Gasteiger partial charge >= 0.3 is 0 Å². The van der Waals surface area contributed by atoms with Gasteiger partial charge in [0.1, 0.15) is 5.82 Å². The van der Waals surface area contributed by atoms with E-state index in [1.807, 2.05) is 44.2 Å². The van der Waals surface area contributed by atoms with Crippen molar-refractivity contribution in [3.05, 3.63) is 93.6 Å². The van der Waals surface area contributed by atoms with Crippen molar-refractivity contribution in [2.75, 3.05) is 6.61 Å². The van der Waals surface area contributed by atoms with Crippen LogP contribution in [0.4, 0.5) is 0 Å². The molecule has 8 heteroatoms. The third-order valence-electron chi connectivity index (χ3n) is 6.22. The largest absolute Gasteiger partial charge is 0.491 e. The normalized spacial score (nSPS) is 12.8. The quantitative estimate of drug-likeness (QED) is 0.370. The second-order valence-corrected chi connectivity index (χ2v) is 8.70. The first-order chi connectivity index (χ1) is 17.6. The lowest BCUT2D eigenvalue weighted by Crippen LogP contribution is -2.30. The second kappa shape index (κ2) is 10.1. The third kappa shape index (κ3) is 4.60. The van der Waals surface area contributed by atoms with Crippen LogP contribution in [0.25, 0.3) is 17.2 Å². The Morgan fingerprint density at radius 3 is 2.47 bits per heavy atom. The summed E-state index contributed by atoms with van der Waals surface area (Å²) in [7, 11) is 0. The third-order valence-corrected chi connectivity index (χ3v) is 6.22. The second-order valence-electron chi connectivity index (χ2n) is 8.70. The van der Waals surface area contributed by atoms with E-state index in [1.165, 1.54) is 0 Å². The van der Waals surface area contributed by atoms with Gasteiger partial charge in [-0.05, 0) is 43.9 Å². The van der Waals surface area contributed by atoms with E-state index in [0.29, 0.717) is 48.0 Å². The summed E-state index contributed by atoms with van der Waals surface area (Å²) in [5.41, 5.74) is 4.23. The smallest absolute Gasteiger partial charge is 0.264 e. The van der Waals surface area contributed by atoms with Crippen LogP contribution in [0.2, 0.25) is 0 Å². The molecule has 4 aromatic rings. The highest BCUT2D eigenvalue weighted by molar-refractivity contribution is 5.67. The summed E-state index contributed by atoms with van der Waals surface area (Å²) in [6.45, 7) is 4.43. The molecule has 5 rings (SSSR count). The summed E-state index contributed by atoms with van der Waals surface area (Å²) in [4.78, 5) is 32.2. The van der Waals surface area contributed by atoms with Gasteiger partial charge < -0.3 is 4.74 Å². The fourth-order valence-electron chi connectivity index (χ4n) is 4.26. The highest BCUT2D eigenvalue weighted by atomic mass is 16.5. The van der Waals surface area contributed by atoms with E-state index in [-0.39, 0.29) is 11.5 Å². The van der Waals surface area contributed by atoms with E-state index >= 15 is 0 Å². The molecule has 180 valence electrons. The highest BCUT2D eigenvalue weighted by Crippen LogP contribution is 2.39. The Morgan fingerprint density at radius 1 is 1.06 bits per heavy atom. The molecule has 1 aliphatic carbocycles. The maximum absolute atomic E-state index is 13.8. The zero-order valence-corrected chi connectivity index (χ0v) is 20.3. The number of rotatable bonds is 8. The van der Waals surface area contributed by atoms with Crippen LogP contribution in [-0.2, 0) is 12.8 Å². The molecule has 8 nitrogen and oxygen atoms in total. The molecule has 0 unspecified atom stereocenters. The van der Waals surface area contributed by atoms with Crippen molar-refractivity contribution in [3.8, 4) is 29.0 Å². The van der Waals surface area contributed by atoms with Gasteiger partial charge in [0.15, 0.2) is 5.75 Å². The Morgan fingerprint density at radius 2 is 1.83 bits per heavy atom. The lowest BCUT2D eigenvalue weighted by atomic mass is 10.0. The van der Waals surface area contributed by atoms with E-state index in [9.17, 15) is 10.1 Å². The zero-order chi connectivity index (χ0) is 25.1. The van der Waals surface area contributed by atoms with E-state index in [4.69, 9.17) is 9.72 Å². The van der Waals surface area contributed by atoms with Crippen molar-refractivity contribution in [1.29, 1.82) is 5.26 Å². The number of hydrogen-bond acceptors (Lipinski definition) is 7. The van der Waals surface area contributed by atoms with Crippen LogP contribution in [0, 0.1) is 11.3 Å². The van der Waals surface area contributed by atoms with Gasteiger partial charge in [-0.2, -0.15) is 5.26 Å². The van der Waals surface area contributed by atoms with E-state index in [2.05, 4.69) is 21.0 Å². The van der Waals surface area contributed by atoms with Gasteiger partial charge in [-0.15, -0.1) is 0 Å². The molecule has 36 heavy (non-hydrogen) atoms. The Kier molecular flexibility index (Phi) is 6.54. The summed E-state index contributed by atoms with van der Waals surface area (Å²) in [6, 6.07) is 13.4. The fourth-order valence-corrected chi connectivity index (χ4v) is 4.26. The van der Waals surface area contributed by atoms with Crippen LogP contribution in [0.15, 0.2) is 59.8 Å². The Labute approximate surface area is 209 Å². The van der Waals surface area contributed by atoms with Crippen molar-refractivity contribution in [1.82, 2.24) is 24.5 Å². The molecule has 0 saturated heterocycles. The lowest BCUT2D eigenvalue weighted by molar-refractivity contribution is 0.337. The Hall–Kier alpha value is -4.38. The molecule has 0 N–H and O–H groups in total. The number of nitriles is 1. The molecule has 0 amide bonds. The van der Waals surface area contributed by atoms with Crippen molar-refractivity contribution in [2.24, 2.45) is 0 Å². The minimum absolute atomic E-state index is 0.146. The molecule has 1 saturated carbocycles. The van der Waals surface area contributed by atoms with Crippen LogP contribution in [0.5, 0.6) is 5.75 Å². The lowest BCUT2D eigenvalue weighted by Gasteiger charge is -2.16. The van der Waals surface area contributed by atoms with Crippen LogP contribution in [0.1, 0.15) is 60.8 Å². The van der Waals surface area contributed by atoms with Crippen LogP contribution in [-0.4, -0.2) is 31.1 Å². The maximum atomic E-state index is 13.8. The number of hydrogen-bond donors (Lipinski definition) is 0. The molecular formula is C28H26N6O2. The Bertz CT molecular complexity index is 1480. The average molecular weight is 479 g/mol. The standard InChI is InChI=1S/C28H26N6O2/c1-3-24-23(13-18-9-12-25(30-15-18)22-8-6-5-7-20(22)14-29)27(35)34(26(33-24)19-10-11-19)28-31-16-21(17-32-28)36-4-2/h5-9,12,15-17,19H,3-4,10-11,13H2,1-2H3. The van der Waals surface area contributed by atoms with Crippen molar-refractivity contribution in [3.63, 3.8) is 0 Å². The average Bonchev–Trinajstić information content (AvgIpc) is 3.76. The molecule has 0 radical (unpaired) electrons. The summed E-state index contributed by atoms with van der Waals surface area (Å²) in [5, 5.41) is 9.41. The first-order valence-corrected chi connectivity index (χ1v) is 12.2. The molecule has 1 aromatic carbocycles. The van der Waals surface area contributed by atoms with Crippen LogP contribution >= 0.6 is 0 Å². The van der Waals surface area contributed by atoms with Gasteiger partial charge in [-0.3, -0.25) is 9.78 Å². The molecule has 3 heterocycles. The summed E-state index contributed by atoms with van der Waals surface area (Å²) in [6.07, 6.45) is 7.98. The van der Waals surface area contributed by atoms with Gasteiger partial charge in [0.2, 0.25) is 5.95 Å². The van der Waals surface area contributed by atoms with E-state index < -0.39 is 0 Å². The Balaban J connectivity index is 1.53. The fraction of sp³-hybridized carbons (Fsp3) is 0.286. The van der Waals surface area contributed by atoms with E-state index in [0.717, 1.165) is 35.5 Å². The molecule has 0 aliphatic heterocycles. The van der Waals surface area contributed by atoms with Crippen molar-refractivity contribution in [2.45, 2.75) is 45.4 Å². The molecule has 0 bridgehead atoms. The van der Waals surface area contributed by atoms with Crippen molar-refractivity contribution < 1.29 is 4.74 Å². The van der Waals surface area contributed by atoms with Gasteiger partial charge in [0.25, 0.3) is 5.56 Å². The first kappa shape index (κ1) is 23.4. The molecule has 1 aliphatic rings. The van der Waals surface area contributed by atoms with Gasteiger partial charge in [0.05, 0.1) is 42.0 Å². The number of pyridine rings is 1. The molecule has 3 aromatic heterocycles. The van der Waals surface area contributed by atoms with Crippen LogP contribution < -0.4 is 10.3 Å². The maximum Gasteiger partial charge on any atom is 0.264 e. The van der Waals surface area contributed by atoms with Gasteiger partial charge in [-0.25, -0.2) is 19.5 Å². The summed E-state index contributed by atoms with van der Waals surface area (Å²) in [5.74, 6) is 1.84. The highest BCUT2D eigenvalue weighted by Gasteiger charge is 2.31. The number of benzene rings is 1. The van der Waals surface area contributed by atoms with Crippen molar-refractivity contribution >= 4 is 0 Å². The zero-order valence-electron chi connectivity index (χ0n) is 20.3. The summed E-state index contributed by atoms with van der Waals surface area (Å²) >= 11 is 0. The number of nitrogens with zero attached hydrogens (tertiary/aromatic N) is 6. The number of ether oxygens (including phenoxy) is 1. The number of aryl methyl sites for hydroxylation is 1. The predicted molar refractivity (Wildman–Crippen MR) is 135 cm³/mol. The topological polar surface area (TPSA) is 107 Å². The minimum atomic E-state index is -0.146. The first-order valence-electron chi connectivity index (χ1n) is 12.2. The van der Waals surface area contributed by atoms with Gasteiger partial charge in [0, 0.05) is 29.7 Å². The SMILES string of the molecule is CCOc1cnc(-n2c(C3CC3)nc(CC)c(Cc3ccc(-c4ccccc4C#N)nc3)c2=O)nc1. The molecule has 1 fully saturated rings. The van der Waals surface area contributed by atoms with E-state index in [1.54, 1.807) is 29.2 Å². The van der Waals surface area contributed by atoms with Gasteiger partial charge in [-0.1, -0.05) is 31.2 Å². The van der Waals surface area contributed by atoms with Crippen LogP contribution in [0.3, 0.4) is 0 Å². The molecular weight excluding hydrogens is 452 g/mol. The molecule has 0 spiro atoms. The monoisotopic (exact) mass is 478 g/mol. The molecule has 0 atom stereocenters. The number of aromatic nitrogens is 5. The minimum Gasteiger partial charge on any atom is -0.491 e. The predicted octanol–water partition coefficient (Wildman–Crippen LogP) is 4.39. The summed E-state index contributed by atoms with van der Waals surface area (Å²) < 4.78 is 7.02.